The summed E-state index contributed by atoms with van der Waals surface area (Å²) in [6.07, 6.45) is 1.82. The summed E-state index contributed by atoms with van der Waals surface area (Å²) in [4.78, 5) is 4.00. The van der Waals surface area contributed by atoms with Crippen molar-refractivity contribution in [3.63, 3.8) is 0 Å². The zero-order valence-corrected chi connectivity index (χ0v) is 9.31. The van der Waals surface area contributed by atoms with Crippen LogP contribution in [-0.2, 0) is 0 Å². The van der Waals surface area contributed by atoms with Gasteiger partial charge in [0.05, 0.1) is 16.1 Å². The van der Waals surface area contributed by atoms with Crippen molar-refractivity contribution in [3.8, 4) is 0 Å². The maximum absolute atomic E-state index is 9.31. The maximum Gasteiger partial charge on any atom is 0.144 e. The summed E-state index contributed by atoms with van der Waals surface area (Å²) >= 11 is 11.5. The molecule has 0 aliphatic carbocycles. The highest BCUT2D eigenvalue weighted by Gasteiger charge is 2.04. The average molecular weight is 235 g/mol. The van der Waals surface area contributed by atoms with E-state index in [1.165, 1.54) is 6.20 Å². The molecule has 0 saturated heterocycles. The van der Waals surface area contributed by atoms with Crippen LogP contribution in [0, 0.1) is 0 Å². The van der Waals surface area contributed by atoms with Crippen molar-refractivity contribution in [2.24, 2.45) is 0 Å². The molecule has 14 heavy (non-hydrogen) atoms. The maximum atomic E-state index is 9.31. The third-order valence-corrected chi connectivity index (χ3v) is 2.28. The quantitative estimate of drug-likeness (QED) is 0.842. The molecule has 78 valence electrons. The largest absolute Gasteiger partial charge is 0.391 e. The standard InChI is InChI=1S/C9H12Cl2N2O/c1-2-7(14)5-13-9-8(11)3-6(10)4-12-9/h3-4,7,14H,2,5H2,1H3,(H,12,13). The Morgan fingerprint density at radius 3 is 2.86 bits per heavy atom. The van der Waals surface area contributed by atoms with Gasteiger partial charge in [0.25, 0.3) is 0 Å². The number of halogens is 2. The second-order valence-corrected chi connectivity index (χ2v) is 3.77. The summed E-state index contributed by atoms with van der Waals surface area (Å²) in [5, 5.41) is 13.2. The van der Waals surface area contributed by atoms with Crippen LogP contribution in [0.15, 0.2) is 12.3 Å². The monoisotopic (exact) mass is 234 g/mol. The minimum Gasteiger partial charge on any atom is -0.391 e. The van der Waals surface area contributed by atoms with Gasteiger partial charge in [-0.15, -0.1) is 0 Å². The Bertz CT molecular complexity index is 307. The van der Waals surface area contributed by atoms with E-state index in [1.54, 1.807) is 6.07 Å². The Labute approximate surface area is 93.1 Å². The molecule has 2 N–H and O–H groups in total. The highest BCUT2D eigenvalue weighted by atomic mass is 35.5. The number of anilines is 1. The number of aromatic nitrogens is 1. The van der Waals surface area contributed by atoms with Crippen LogP contribution in [0.4, 0.5) is 5.82 Å². The Kier molecular flexibility index (Phi) is 4.45. The predicted molar refractivity (Wildman–Crippen MR) is 59.0 cm³/mol. The topological polar surface area (TPSA) is 45.1 Å². The summed E-state index contributed by atoms with van der Waals surface area (Å²) in [5.41, 5.74) is 0. The lowest BCUT2D eigenvalue weighted by Gasteiger charge is -2.10. The molecule has 0 saturated carbocycles. The lowest BCUT2D eigenvalue weighted by Crippen LogP contribution is -2.18. The Morgan fingerprint density at radius 1 is 1.57 bits per heavy atom. The fourth-order valence-electron chi connectivity index (χ4n) is 0.903. The summed E-state index contributed by atoms with van der Waals surface area (Å²) in [7, 11) is 0. The number of rotatable bonds is 4. The molecule has 3 nitrogen and oxygen atoms in total. The smallest absolute Gasteiger partial charge is 0.144 e. The number of aliphatic hydroxyl groups excluding tert-OH is 1. The van der Waals surface area contributed by atoms with Gasteiger partial charge in [0.15, 0.2) is 0 Å². The van der Waals surface area contributed by atoms with E-state index in [4.69, 9.17) is 23.2 Å². The van der Waals surface area contributed by atoms with Crippen LogP contribution >= 0.6 is 23.2 Å². The highest BCUT2D eigenvalue weighted by molar-refractivity contribution is 6.35. The number of hydrogen-bond acceptors (Lipinski definition) is 3. The molecule has 0 bridgehead atoms. The van der Waals surface area contributed by atoms with Gasteiger partial charge >= 0.3 is 0 Å². The third kappa shape index (κ3) is 3.33. The van der Waals surface area contributed by atoms with Gasteiger partial charge in [0, 0.05) is 12.7 Å². The van der Waals surface area contributed by atoms with Crippen molar-refractivity contribution in [2.45, 2.75) is 19.4 Å². The minimum atomic E-state index is -0.386. The molecule has 1 unspecified atom stereocenters. The summed E-state index contributed by atoms with van der Waals surface area (Å²) in [6, 6.07) is 1.61. The SMILES string of the molecule is CCC(O)CNc1ncc(Cl)cc1Cl. The van der Waals surface area contributed by atoms with E-state index < -0.39 is 0 Å². The Balaban J connectivity index is 2.59. The van der Waals surface area contributed by atoms with Gasteiger partial charge in [0.1, 0.15) is 5.82 Å². The molecule has 0 aliphatic rings. The van der Waals surface area contributed by atoms with E-state index in [-0.39, 0.29) is 6.10 Å². The number of nitrogens with one attached hydrogen (secondary N) is 1. The van der Waals surface area contributed by atoms with Gasteiger partial charge in [-0.25, -0.2) is 4.98 Å². The van der Waals surface area contributed by atoms with Gasteiger partial charge in [-0.05, 0) is 12.5 Å². The summed E-state index contributed by atoms with van der Waals surface area (Å²) in [5.74, 6) is 0.545. The molecule has 1 rings (SSSR count). The molecule has 0 aliphatic heterocycles. The lowest BCUT2D eigenvalue weighted by molar-refractivity contribution is 0.183. The highest BCUT2D eigenvalue weighted by Crippen LogP contribution is 2.22. The van der Waals surface area contributed by atoms with Crippen molar-refractivity contribution in [1.82, 2.24) is 4.98 Å². The van der Waals surface area contributed by atoms with E-state index in [0.717, 1.165) is 0 Å². The number of nitrogens with zero attached hydrogens (tertiary/aromatic N) is 1. The van der Waals surface area contributed by atoms with Crippen molar-refractivity contribution in [1.29, 1.82) is 0 Å². The normalized spacial score (nSPS) is 12.6. The van der Waals surface area contributed by atoms with Crippen LogP contribution in [0.5, 0.6) is 0 Å². The van der Waals surface area contributed by atoms with E-state index in [0.29, 0.717) is 28.8 Å². The molecule has 1 aromatic heterocycles. The van der Waals surface area contributed by atoms with Gasteiger partial charge in [-0.3, -0.25) is 0 Å². The van der Waals surface area contributed by atoms with Crippen LogP contribution in [0.3, 0.4) is 0 Å². The Hall–Kier alpha value is -0.510. The molecule has 0 fully saturated rings. The third-order valence-electron chi connectivity index (χ3n) is 1.78. The Morgan fingerprint density at radius 2 is 2.29 bits per heavy atom. The van der Waals surface area contributed by atoms with E-state index in [2.05, 4.69) is 10.3 Å². The fraction of sp³-hybridized carbons (Fsp3) is 0.444. The van der Waals surface area contributed by atoms with Crippen LogP contribution in [0.2, 0.25) is 10.0 Å². The molecular formula is C9H12Cl2N2O. The van der Waals surface area contributed by atoms with E-state index in [9.17, 15) is 5.11 Å². The predicted octanol–water partition coefficient (Wildman–Crippen LogP) is 2.57. The number of hydrogen-bond donors (Lipinski definition) is 2. The molecule has 0 spiro atoms. The van der Waals surface area contributed by atoms with Gasteiger partial charge < -0.3 is 10.4 Å². The van der Waals surface area contributed by atoms with Crippen LogP contribution < -0.4 is 5.32 Å². The first kappa shape index (κ1) is 11.6. The molecule has 5 heteroatoms. The summed E-state index contributed by atoms with van der Waals surface area (Å²) in [6.45, 7) is 2.34. The molecule has 1 heterocycles. The van der Waals surface area contributed by atoms with Gasteiger partial charge in [-0.1, -0.05) is 30.1 Å². The zero-order valence-electron chi connectivity index (χ0n) is 7.80. The minimum absolute atomic E-state index is 0.386. The van der Waals surface area contributed by atoms with Gasteiger partial charge in [0.2, 0.25) is 0 Å². The second-order valence-electron chi connectivity index (χ2n) is 2.93. The average Bonchev–Trinajstić information content (AvgIpc) is 2.16. The first-order chi connectivity index (χ1) is 6.63. The number of pyridine rings is 1. The molecule has 0 radical (unpaired) electrons. The molecular weight excluding hydrogens is 223 g/mol. The second kappa shape index (κ2) is 5.39. The van der Waals surface area contributed by atoms with Gasteiger partial charge in [-0.2, -0.15) is 0 Å². The van der Waals surface area contributed by atoms with Crippen molar-refractivity contribution in [2.75, 3.05) is 11.9 Å². The molecule has 0 amide bonds. The van der Waals surface area contributed by atoms with E-state index in [1.807, 2.05) is 6.92 Å². The molecule has 1 atom stereocenters. The molecule has 1 aromatic rings. The fourth-order valence-corrected chi connectivity index (χ4v) is 1.35. The summed E-state index contributed by atoms with van der Waals surface area (Å²) < 4.78 is 0. The van der Waals surface area contributed by atoms with Crippen molar-refractivity contribution in [3.05, 3.63) is 22.3 Å². The zero-order chi connectivity index (χ0) is 10.6. The van der Waals surface area contributed by atoms with E-state index >= 15 is 0 Å². The first-order valence-electron chi connectivity index (χ1n) is 4.36. The first-order valence-corrected chi connectivity index (χ1v) is 5.12. The van der Waals surface area contributed by atoms with Crippen LogP contribution in [0.25, 0.3) is 0 Å². The van der Waals surface area contributed by atoms with Crippen LogP contribution in [-0.4, -0.2) is 22.7 Å². The lowest BCUT2D eigenvalue weighted by atomic mass is 10.3. The number of aliphatic hydroxyl groups is 1. The van der Waals surface area contributed by atoms with Crippen LogP contribution in [0.1, 0.15) is 13.3 Å². The molecule has 0 aromatic carbocycles. The van der Waals surface area contributed by atoms with Crippen molar-refractivity contribution >= 4 is 29.0 Å². The van der Waals surface area contributed by atoms with Crippen molar-refractivity contribution < 1.29 is 5.11 Å².